The average molecular weight is 413 g/mol. The Hall–Kier alpha value is -3.47. The van der Waals surface area contributed by atoms with Crippen molar-refractivity contribution < 1.29 is 24.1 Å². The standard InChI is InChI=1S/C19H22BN4O6/c1-3-30-17(26)8-15(12-7-13(20-29)10-21-9-12)23-16(25)11-22-18(27)14-5-4-6-24(2)19(14)28/h4-7,9-10,15,29H,3,8,11H2,1-2H3,(H,22,27)(H,23,25). The molecule has 0 aliphatic carbocycles. The highest BCUT2D eigenvalue weighted by Gasteiger charge is 2.21. The second-order valence-electron chi connectivity index (χ2n) is 6.33. The second-order valence-corrected chi connectivity index (χ2v) is 6.33. The number of aromatic nitrogens is 2. The number of rotatable bonds is 9. The van der Waals surface area contributed by atoms with E-state index < -0.39 is 35.9 Å². The predicted molar refractivity (Wildman–Crippen MR) is 108 cm³/mol. The van der Waals surface area contributed by atoms with Crippen molar-refractivity contribution in [1.29, 1.82) is 0 Å². The van der Waals surface area contributed by atoms with Crippen LogP contribution in [0.5, 0.6) is 0 Å². The number of nitrogens with zero attached hydrogens (tertiary/aromatic N) is 2. The molecule has 0 saturated heterocycles. The first-order valence-electron chi connectivity index (χ1n) is 9.16. The van der Waals surface area contributed by atoms with E-state index in [0.717, 1.165) is 7.48 Å². The Labute approximate surface area is 173 Å². The lowest BCUT2D eigenvalue weighted by atomic mass is 9.88. The summed E-state index contributed by atoms with van der Waals surface area (Å²) in [6.07, 6.45) is 4.21. The van der Waals surface area contributed by atoms with Crippen molar-refractivity contribution in [3.05, 3.63) is 58.3 Å². The summed E-state index contributed by atoms with van der Waals surface area (Å²) >= 11 is 0. The topological polar surface area (TPSA) is 140 Å². The van der Waals surface area contributed by atoms with Gasteiger partial charge in [-0.2, -0.15) is 0 Å². The number of aryl methyl sites for hydroxylation is 1. The van der Waals surface area contributed by atoms with Crippen LogP contribution in [0, 0.1) is 0 Å². The molecule has 30 heavy (non-hydrogen) atoms. The molecule has 2 aromatic rings. The summed E-state index contributed by atoms with van der Waals surface area (Å²) < 4.78 is 6.19. The van der Waals surface area contributed by atoms with Crippen LogP contribution in [0.1, 0.15) is 35.3 Å². The summed E-state index contributed by atoms with van der Waals surface area (Å²) in [5.41, 5.74) is 0.288. The molecule has 11 heteroatoms. The van der Waals surface area contributed by atoms with Crippen molar-refractivity contribution in [3.63, 3.8) is 0 Å². The third-order valence-corrected chi connectivity index (χ3v) is 4.12. The number of carbonyl (C=O) groups is 3. The number of ether oxygens (including phenoxy) is 1. The number of hydrogen-bond acceptors (Lipinski definition) is 7. The predicted octanol–water partition coefficient (Wildman–Crippen LogP) is -1.44. The molecule has 0 saturated carbocycles. The van der Waals surface area contributed by atoms with Crippen molar-refractivity contribution >= 4 is 30.7 Å². The van der Waals surface area contributed by atoms with Gasteiger partial charge in [0.1, 0.15) is 5.56 Å². The maximum absolute atomic E-state index is 12.4. The van der Waals surface area contributed by atoms with Crippen molar-refractivity contribution in [2.24, 2.45) is 7.05 Å². The molecule has 1 radical (unpaired) electrons. The monoisotopic (exact) mass is 413 g/mol. The first-order chi connectivity index (χ1) is 14.3. The highest BCUT2D eigenvalue weighted by molar-refractivity contribution is 6.45. The maximum Gasteiger partial charge on any atom is 0.328 e. The van der Waals surface area contributed by atoms with E-state index in [4.69, 9.17) is 9.76 Å². The molecule has 0 spiro atoms. The van der Waals surface area contributed by atoms with Crippen LogP contribution in [0.2, 0.25) is 0 Å². The SMILES string of the molecule is CCOC(=O)CC(NC(=O)CNC(=O)c1cccn(C)c1=O)c1cncc([B]O)c1. The van der Waals surface area contributed by atoms with Crippen molar-refractivity contribution in [3.8, 4) is 0 Å². The summed E-state index contributed by atoms with van der Waals surface area (Å²) in [6.45, 7) is 1.44. The molecule has 1 atom stereocenters. The van der Waals surface area contributed by atoms with E-state index in [2.05, 4.69) is 15.6 Å². The lowest BCUT2D eigenvalue weighted by Crippen LogP contribution is -2.41. The van der Waals surface area contributed by atoms with Gasteiger partial charge in [-0.1, -0.05) is 6.07 Å². The van der Waals surface area contributed by atoms with Gasteiger partial charge in [0.2, 0.25) is 5.91 Å². The van der Waals surface area contributed by atoms with Gasteiger partial charge < -0.3 is 25.0 Å². The molecule has 10 nitrogen and oxygen atoms in total. The number of amides is 2. The van der Waals surface area contributed by atoms with Crippen LogP contribution in [0.25, 0.3) is 0 Å². The fourth-order valence-corrected chi connectivity index (χ4v) is 2.65. The summed E-state index contributed by atoms with van der Waals surface area (Å²) in [4.78, 5) is 52.4. The molecule has 0 bridgehead atoms. The molecule has 1 unspecified atom stereocenters. The summed E-state index contributed by atoms with van der Waals surface area (Å²) in [5.74, 6) is -1.80. The van der Waals surface area contributed by atoms with Gasteiger partial charge in [0.15, 0.2) is 0 Å². The van der Waals surface area contributed by atoms with E-state index in [0.29, 0.717) is 11.0 Å². The van der Waals surface area contributed by atoms with Gasteiger partial charge in [0.25, 0.3) is 11.5 Å². The van der Waals surface area contributed by atoms with Gasteiger partial charge in [-0.15, -0.1) is 0 Å². The molecule has 157 valence electrons. The number of pyridine rings is 2. The highest BCUT2D eigenvalue weighted by Crippen LogP contribution is 2.15. The van der Waals surface area contributed by atoms with E-state index in [1.165, 1.54) is 36.3 Å². The van der Waals surface area contributed by atoms with Crippen LogP contribution >= 0.6 is 0 Å². The zero-order chi connectivity index (χ0) is 22.1. The minimum absolute atomic E-state index is 0.0914. The maximum atomic E-state index is 12.4. The summed E-state index contributed by atoms with van der Waals surface area (Å²) in [6, 6.07) is 3.68. The molecule has 0 aliphatic heterocycles. The lowest BCUT2D eigenvalue weighted by molar-refractivity contribution is -0.143. The molecule has 2 heterocycles. The Kier molecular flexibility index (Phi) is 8.30. The molecule has 3 N–H and O–H groups in total. The van der Waals surface area contributed by atoms with E-state index in [1.807, 2.05) is 0 Å². The Bertz CT molecular complexity index is 977. The molecular weight excluding hydrogens is 391 g/mol. The van der Waals surface area contributed by atoms with Crippen LogP contribution in [-0.4, -0.2) is 53.0 Å². The minimum Gasteiger partial charge on any atom is -0.466 e. The first-order valence-corrected chi connectivity index (χ1v) is 9.16. The third kappa shape index (κ3) is 6.28. The van der Waals surface area contributed by atoms with Crippen LogP contribution in [0.3, 0.4) is 0 Å². The fraction of sp³-hybridized carbons (Fsp3) is 0.316. The van der Waals surface area contributed by atoms with E-state index in [9.17, 15) is 19.2 Å². The van der Waals surface area contributed by atoms with Crippen molar-refractivity contribution in [2.45, 2.75) is 19.4 Å². The largest absolute Gasteiger partial charge is 0.466 e. The molecule has 0 fully saturated rings. The van der Waals surface area contributed by atoms with Crippen LogP contribution < -0.4 is 21.7 Å². The smallest absolute Gasteiger partial charge is 0.328 e. The first kappa shape index (κ1) is 22.8. The van der Waals surface area contributed by atoms with Crippen molar-refractivity contribution in [1.82, 2.24) is 20.2 Å². The van der Waals surface area contributed by atoms with Crippen LogP contribution in [0.4, 0.5) is 0 Å². The number of hydrogen-bond donors (Lipinski definition) is 3. The molecule has 0 aromatic carbocycles. The number of esters is 1. The third-order valence-electron chi connectivity index (χ3n) is 4.12. The summed E-state index contributed by atoms with van der Waals surface area (Å²) in [5, 5.41) is 14.2. The number of carbonyl (C=O) groups excluding carboxylic acids is 3. The Morgan fingerprint density at radius 1 is 1.33 bits per heavy atom. The molecule has 2 aromatic heterocycles. The minimum atomic E-state index is -0.787. The lowest BCUT2D eigenvalue weighted by Gasteiger charge is -2.19. The highest BCUT2D eigenvalue weighted by atomic mass is 16.5. The second kappa shape index (κ2) is 10.9. The van der Waals surface area contributed by atoms with Gasteiger partial charge in [-0.3, -0.25) is 24.2 Å². The normalized spacial score (nSPS) is 11.3. The average Bonchev–Trinajstić information content (AvgIpc) is 2.73. The van der Waals surface area contributed by atoms with Gasteiger partial charge in [-0.05, 0) is 30.1 Å². The molecule has 2 rings (SSSR count). The molecule has 0 aliphatic rings. The summed E-state index contributed by atoms with van der Waals surface area (Å²) in [7, 11) is 2.36. The zero-order valence-corrected chi connectivity index (χ0v) is 16.6. The zero-order valence-electron chi connectivity index (χ0n) is 16.6. The van der Waals surface area contributed by atoms with Gasteiger partial charge in [0, 0.05) is 25.6 Å². The van der Waals surface area contributed by atoms with Crippen LogP contribution in [0.15, 0.2) is 41.6 Å². The van der Waals surface area contributed by atoms with E-state index >= 15 is 0 Å². The van der Waals surface area contributed by atoms with Crippen molar-refractivity contribution in [2.75, 3.05) is 13.2 Å². The fourth-order valence-electron chi connectivity index (χ4n) is 2.65. The van der Waals surface area contributed by atoms with Crippen LogP contribution in [-0.2, 0) is 21.4 Å². The number of nitrogens with one attached hydrogen (secondary N) is 2. The van der Waals surface area contributed by atoms with Gasteiger partial charge in [-0.25, -0.2) is 0 Å². The molecular formula is C19H22BN4O6. The Morgan fingerprint density at radius 2 is 2.10 bits per heavy atom. The Morgan fingerprint density at radius 3 is 2.80 bits per heavy atom. The molecule has 2 amide bonds. The van der Waals surface area contributed by atoms with E-state index in [1.54, 1.807) is 19.1 Å². The van der Waals surface area contributed by atoms with E-state index in [-0.39, 0.29) is 18.6 Å². The quantitative estimate of drug-likeness (QED) is 0.338. The van der Waals surface area contributed by atoms with Gasteiger partial charge in [0.05, 0.1) is 25.6 Å². The van der Waals surface area contributed by atoms with Gasteiger partial charge >= 0.3 is 13.5 Å². The Balaban J connectivity index is 2.07.